The summed E-state index contributed by atoms with van der Waals surface area (Å²) in [4.78, 5) is 27.3. The van der Waals surface area contributed by atoms with Crippen molar-refractivity contribution in [1.82, 2.24) is 10.2 Å². The Balaban J connectivity index is 2.08. The molecule has 2 rings (SSSR count). The van der Waals surface area contributed by atoms with Gasteiger partial charge < -0.3 is 25.0 Å². The molecule has 2 aromatic rings. The third kappa shape index (κ3) is 5.96. The van der Waals surface area contributed by atoms with Crippen LogP contribution in [0.5, 0.6) is 11.5 Å². The molecule has 0 atom stereocenters. The third-order valence-corrected chi connectivity index (χ3v) is 4.66. The lowest BCUT2D eigenvalue weighted by atomic mass is 10.1. The van der Waals surface area contributed by atoms with Gasteiger partial charge in [0.15, 0.2) is 0 Å². The Kier molecular flexibility index (Phi) is 8.48. The van der Waals surface area contributed by atoms with E-state index in [2.05, 4.69) is 29.4 Å². The maximum Gasteiger partial charge on any atom is 0.259 e. The molecule has 2 N–H and O–H groups in total. The summed E-state index contributed by atoms with van der Waals surface area (Å²) in [6.07, 6.45) is 0. The van der Waals surface area contributed by atoms with Crippen molar-refractivity contribution >= 4 is 17.5 Å². The number of para-hydroxylation sites is 1. The van der Waals surface area contributed by atoms with E-state index in [1.165, 1.54) is 14.2 Å². The molecule has 2 amide bonds. The molecule has 29 heavy (non-hydrogen) atoms. The van der Waals surface area contributed by atoms with Crippen LogP contribution in [0.3, 0.4) is 0 Å². The molecule has 7 heteroatoms. The van der Waals surface area contributed by atoms with Crippen molar-refractivity contribution in [1.29, 1.82) is 0 Å². The highest BCUT2D eigenvalue weighted by Crippen LogP contribution is 2.25. The monoisotopic (exact) mass is 399 g/mol. The van der Waals surface area contributed by atoms with E-state index in [0.717, 1.165) is 19.6 Å². The van der Waals surface area contributed by atoms with E-state index in [4.69, 9.17) is 9.47 Å². The van der Waals surface area contributed by atoms with Crippen molar-refractivity contribution in [3.05, 3.63) is 53.6 Å². The summed E-state index contributed by atoms with van der Waals surface area (Å²) in [5.74, 6) is 0.363. The lowest BCUT2D eigenvalue weighted by Gasteiger charge is -2.18. The SMILES string of the molecule is CCN(CC)CCNC(=O)c1ccc(NC(=O)c2ccccc2OC)cc1OC. The number of rotatable bonds is 10. The molecule has 0 fully saturated rings. The molecule has 0 radical (unpaired) electrons. The number of benzene rings is 2. The molecule has 0 heterocycles. The minimum Gasteiger partial charge on any atom is -0.496 e. The number of carbonyl (C=O) groups is 2. The number of methoxy groups -OCH3 is 2. The molecule has 0 saturated heterocycles. The average molecular weight is 399 g/mol. The van der Waals surface area contributed by atoms with Gasteiger partial charge in [-0.25, -0.2) is 0 Å². The zero-order valence-electron chi connectivity index (χ0n) is 17.5. The molecule has 0 aliphatic carbocycles. The Morgan fingerprint density at radius 1 is 0.897 bits per heavy atom. The zero-order chi connectivity index (χ0) is 21.2. The van der Waals surface area contributed by atoms with E-state index >= 15 is 0 Å². The van der Waals surface area contributed by atoms with Crippen LogP contribution < -0.4 is 20.1 Å². The van der Waals surface area contributed by atoms with Crippen LogP contribution in [0.2, 0.25) is 0 Å². The number of ether oxygens (including phenoxy) is 2. The fourth-order valence-electron chi connectivity index (χ4n) is 2.95. The summed E-state index contributed by atoms with van der Waals surface area (Å²) in [6.45, 7) is 7.40. The molecule has 0 saturated carbocycles. The predicted molar refractivity (Wildman–Crippen MR) is 114 cm³/mol. The highest BCUT2D eigenvalue weighted by Gasteiger charge is 2.16. The maximum atomic E-state index is 12.6. The fourth-order valence-corrected chi connectivity index (χ4v) is 2.95. The van der Waals surface area contributed by atoms with E-state index < -0.39 is 0 Å². The number of nitrogens with one attached hydrogen (secondary N) is 2. The molecule has 0 unspecified atom stereocenters. The highest BCUT2D eigenvalue weighted by atomic mass is 16.5. The summed E-state index contributed by atoms with van der Waals surface area (Å²) in [6, 6.07) is 11.9. The first-order valence-electron chi connectivity index (χ1n) is 9.66. The lowest BCUT2D eigenvalue weighted by Crippen LogP contribution is -2.34. The quantitative estimate of drug-likeness (QED) is 0.642. The van der Waals surface area contributed by atoms with Gasteiger partial charge in [-0.15, -0.1) is 0 Å². The summed E-state index contributed by atoms with van der Waals surface area (Å²) in [5.41, 5.74) is 1.37. The standard InChI is InChI=1S/C22H29N3O4/c1-5-25(6-2)14-13-23-21(26)18-12-11-16(15-20(18)29-4)24-22(27)17-9-7-8-10-19(17)28-3/h7-12,15H,5-6,13-14H2,1-4H3,(H,23,26)(H,24,27). The Morgan fingerprint density at radius 2 is 1.55 bits per heavy atom. The van der Waals surface area contributed by atoms with Crippen molar-refractivity contribution in [2.75, 3.05) is 45.7 Å². The summed E-state index contributed by atoms with van der Waals surface area (Å²) >= 11 is 0. The summed E-state index contributed by atoms with van der Waals surface area (Å²) in [7, 11) is 3.01. The first kappa shape index (κ1) is 22.2. The van der Waals surface area contributed by atoms with Crippen molar-refractivity contribution in [3.63, 3.8) is 0 Å². The van der Waals surface area contributed by atoms with Crippen molar-refractivity contribution in [2.24, 2.45) is 0 Å². The second-order valence-corrected chi connectivity index (χ2v) is 6.35. The molecule has 7 nitrogen and oxygen atoms in total. The lowest BCUT2D eigenvalue weighted by molar-refractivity contribution is 0.0945. The number of anilines is 1. The number of nitrogens with zero attached hydrogens (tertiary/aromatic N) is 1. The van der Waals surface area contributed by atoms with E-state index in [9.17, 15) is 9.59 Å². The second-order valence-electron chi connectivity index (χ2n) is 6.35. The van der Waals surface area contributed by atoms with Crippen LogP contribution in [0.25, 0.3) is 0 Å². The van der Waals surface area contributed by atoms with Gasteiger partial charge in [-0.05, 0) is 37.4 Å². The van der Waals surface area contributed by atoms with E-state index in [-0.39, 0.29) is 11.8 Å². The molecular weight excluding hydrogens is 370 g/mol. The normalized spacial score (nSPS) is 10.5. The number of hydrogen-bond donors (Lipinski definition) is 2. The van der Waals surface area contributed by atoms with Crippen LogP contribution in [0.15, 0.2) is 42.5 Å². The molecule has 156 valence electrons. The fraction of sp³-hybridized carbons (Fsp3) is 0.364. The van der Waals surface area contributed by atoms with E-state index in [1.54, 1.807) is 42.5 Å². The van der Waals surface area contributed by atoms with Gasteiger partial charge in [-0.2, -0.15) is 0 Å². The smallest absolute Gasteiger partial charge is 0.259 e. The van der Waals surface area contributed by atoms with Gasteiger partial charge in [0.2, 0.25) is 0 Å². The topological polar surface area (TPSA) is 79.9 Å². The van der Waals surface area contributed by atoms with Gasteiger partial charge >= 0.3 is 0 Å². The molecule has 0 aromatic heterocycles. The second kappa shape index (κ2) is 11.1. The first-order valence-corrected chi connectivity index (χ1v) is 9.66. The summed E-state index contributed by atoms with van der Waals surface area (Å²) in [5, 5.41) is 5.72. The van der Waals surface area contributed by atoms with Crippen LogP contribution in [-0.2, 0) is 0 Å². The molecule has 2 aromatic carbocycles. The highest BCUT2D eigenvalue weighted by molar-refractivity contribution is 6.06. The Morgan fingerprint density at radius 3 is 2.21 bits per heavy atom. The minimum atomic E-state index is -0.305. The van der Waals surface area contributed by atoms with Gasteiger partial charge in [-0.3, -0.25) is 9.59 Å². The van der Waals surface area contributed by atoms with Crippen molar-refractivity contribution in [2.45, 2.75) is 13.8 Å². The van der Waals surface area contributed by atoms with Crippen LogP contribution in [-0.4, -0.2) is 57.1 Å². The van der Waals surface area contributed by atoms with Crippen molar-refractivity contribution in [3.8, 4) is 11.5 Å². The van der Waals surface area contributed by atoms with Gasteiger partial charge in [-0.1, -0.05) is 26.0 Å². The van der Waals surface area contributed by atoms with Crippen LogP contribution in [0, 0.1) is 0 Å². The average Bonchev–Trinajstić information content (AvgIpc) is 2.76. The Labute approximate surface area is 172 Å². The Bertz CT molecular complexity index is 835. The first-order chi connectivity index (χ1) is 14.0. The number of hydrogen-bond acceptors (Lipinski definition) is 5. The number of likely N-dealkylation sites (N-methyl/N-ethyl adjacent to an activating group) is 1. The molecule has 0 aliphatic rings. The predicted octanol–water partition coefficient (Wildman–Crippen LogP) is 3.03. The van der Waals surface area contributed by atoms with Gasteiger partial charge in [0, 0.05) is 24.8 Å². The maximum absolute atomic E-state index is 12.6. The van der Waals surface area contributed by atoms with Crippen molar-refractivity contribution < 1.29 is 19.1 Å². The van der Waals surface area contributed by atoms with Crippen LogP contribution in [0.4, 0.5) is 5.69 Å². The Hall–Kier alpha value is -3.06. The van der Waals surface area contributed by atoms with Gasteiger partial charge in [0.25, 0.3) is 11.8 Å². The van der Waals surface area contributed by atoms with Crippen LogP contribution >= 0.6 is 0 Å². The molecule has 0 aliphatic heterocycles. The van der Waals surface area contributed by atoms with E-state index in [0.29, 0.717) is 34.9 Å². The number of carbonyl (C=O) groups excluding carboxylic acids is 2. The van der Waals surface area contributed by atoms with Gasteiger partial charge in [0.1, 0.15) is 11.5 Å². The number of amides is 2. The van der Waals surface area contributed by atoms with Gasteiger partial charge in [0.05, 0.1) is 25.3 Å². The molecular formula is C22H29N3O4. The largest absolute Gasteiger partial charge is 0.496 e. The minimum absolute atomic E-state index is 0.211. The third-order valence-electron chi connectivity index (χ3n) is 4.66. The molecule has 0 bridgehead atoms. The zero-order valence-corrected chi connectivity index (χ0v) is 17.5. The molecule has 0 spiro atoms. The van der Waals surface area contributed by atoms with E-state index in [1.807, 2.05) is 0 Å². The van der Waals surface area contributed by atoms with Crippen LogP contribution in [0.1, 0.15) is 34.6 Å². The summed E-state index contributed by atoms with van der Waals surface area (Å²) < 4.78 is 10.6.